The van der Waals surface area contributed by atoms with E-state index in [-0.39, 0.29) is 30.0 Å². The minimum atomic E-state index is -0.825. The lowest BCUT2D eigenvalue weighted by Crippen LogP contribution is -2.44. The van der Waals surface area contributed by atoms with Crippen molar-refractivity contribution in [3.05, 3.63) is 57.8 Å². The molecule has 14 heteroatoms. The molecule has 11 nitrogen and oxygen atoms in total. The number of aromatic nitrogens is 3. The first kappa shape index (κ1) is 38.2. The zero-order valence-corrected chi connectivity index (χ0v) is 32.4. The Morgan fingerprint density at radius 1 is 0.980 bits per heavy atom. The van der Waals surface area contributed by atoms with Crippen LogP contribution in [-0.4, -0.2) is 91.9 Å². The molecule has 0 radical (unpaired) electrons. The molecule has 1 aliphatic carbocycles. The lowest BCUT2D eigenvalue weighted by Gasteiger charge is -2.32. The van der Waals surface area contributed by atoms with Crippen LogP contribution in [0.1, 0.15) is 79.8 Å². The summed E-state index contributed by atoms with van der Waals surface area (Å²) in [5, 5.41) is 1.07. The van der Waals surface area contributed by atoms with Crippen LogP contribution in [0.2, 0.25) is 5.15 Å². The van der Waals surface area contributed by atoms with E-state index >= 15 is 0 Å². The molecular weight excluding hydrogens is 733 g/mol. The van der Waals surface area contributed by atoms with Gasteiger partial charge in [-0.15, -0.1) is 0 Å². The van der Waals surface area contributed by atoms with Gasteiger partial charge < -0.3 is 33.3 Å². The molecule has 274 valence electrons. The van der Waals surface area contributed by atoms with Crippen LogP contribution in [0, 0.1) is 11.7 Å². The van der Waals surface area contributed by atoms with Gasteiger partial charge in [0.05, 0.1) is 17.5 Å². The average molecular weight is 781 g/mol. The van der Waals surface area contributed by atoms with Crippen LogP contribution < -0.4 is 0 Å². The molecule has 3 heterocycles. The summed E-state index contributed by atoms with van der Waals surface area (Å²) in [5.74, 6) is -1.24. The third-order valence-electron chi connectivity index (χ3n) is 8.62. The molecule has 4 atom stereocenters. The molecular formula is C36H48BrClFN5O6. The largest absolute Gasteiger partial charge is 0.444 e. The van der Waals surface area contributed by atoms with Crippen LogP contribution in [0.3, 0.4) is 0 Å². The van der Waals surface area contributed by atoms with E-state index in [0.29, 0.717) is 56.2 Å². The third-order valence-corrected chi connectivity index (χ3v) is 9.51. The predicted molar refractivity (Wildman–Crippen MR) is 192 cm³/mol. The molecule has 1 aliphatic heterocycles. The van der Waals surface area contributed by atoms with Crippen LogP contribution >= 0.6 is 27.5 Å². The molecule has 3 aromatic rings. The lowest BCUT2D eigenvalue weighted by atomic mass is 10.0. The summed E-state index contributed by atoms with van der Waals surface area (Å²) in [7, 11) is 0. The van der Waals surface area contributed by atoms with Gasteiger partial charge in [0, 0.05) is 42.8 Å². The molecule has 0 spiro atoms. The Morgan fingerprint density at radius 3 is 2.22 bits per heavy atom. The van der Waals surface area contributed by atoms with Crippen LogP contribution in [0.5, 0.6) is 0 Å². The van der Waals surface area contributed by atoms with Gasteiger partial charge in [-0.3, -0.25) is 0 Å². The molecule has 2 amide bonds. The van der Waals surface area contributed by atoms with E-state index in [1.165, 1.54) is 18.5 Å². The van der Waals surface area contributed by atoms with E-state index in [4.69, 9.17) is 30.5 Å². The second kappa shape index (κ2) is 14.9. The van der Waals surface area contributed by atoms with Gasteiger partial charge in [-0.05, 0) is 108 Å². The fourth-order valence-electron chi connectivity index (χ4n) is 6.62. The number of hydrogen-bond donors (Lipinski definition) is 0. The molecule has 1 saturated carbocycles. The second-order valence-electron chi connectivity index (χ2n) is 15.5. The number of amides is 2. The Bertz CT molecular complexity index is 1670. The minimum Gasteiger partial charge on any atom is -0.444 e. The Labute approximate surface area is 306 Å². The Hall–Kier alpha value is -3.00. The van der Waals surface area contributed by atoms with Crippen LogP contribution in [0.4, 0.5) is 14.0 Å². The Morgan fingerprint density at radius 2 is 1.58 bits per heavy atom. The summed E-state index contributed by atoms with van der Waals surface area (Å²) in [6, 6.07) is 6.08. The maximum Gasteiger partial charge on any atom is 0.410 e. The number of carbonyl (C=O) groups is 2. The van der Waals surface area contributed by atoms with Gasteiger partial charge in [0.2, 0.25) is 0 Å². The fourth-order valence-corrected chi connectivity index (χ4v) is 7.55. The van der Waals surface area contributed by atoms with E-state index in [1.807, 2.05) is 61.6 Å². The molecule has 2 aromatic heterocycles. The van der Waals surface area contributed by atoms with Crippen molar-refractivity contribution in [1.82, 2.24) is 24.3 Å². The number of carbonyl (C=O) groups excluding carboxylic acids is 2. The maximum absolute atomic E-state index is 13.7. The van der Waals surface area contributed by atoms with Gasteiger partial charge in [0.15, 0.2) is 5.79 Å². The first-order valence-electron chi connectivity index (χ1n) is 17.0. The molecule has 0 N–H and O–H groups in total. The monoisotopic (exact) mass is 779 g/mol. The van der Waals surface area contributed by atoms with Crippen molar-refractivity contribution in [2.45, 2.75) is 110 Å². The van der Waals surface area contributed by atoms with Crippen molar-refractivity contribution in [3.8, 4) is 0 Å². The first-order valence-corrected chi connectivity index (χ1v) is 18.2. The van der Waals surface area contributed by atoms with Crippen LogP contribution in [0.25, 0.3) is 11.0 Å². The summed E-state index contributed by atoms with van der Waals surface area (Å²) < 4.78 is 40.9. The van der Waals surface area contributed by atoms with Gasteiger partial charge in [-0.1, -0.05) is 23.7 Å². The summed E-state index contributed by atoms with van der Waals surface area (Å²) in [6.45, 7) is 16.1. The van der Waals surface area contributed by atoms with E-state index in [2.05, 4.69) is 30.5 Å². The summed E-state index contributed by atoms with van der Waals surface area (Å²) in [6.07, 6.45) is 3.53. The number of halogens is 3. The molecule has 50 heavy (non-hydrogen) atoms. The highest BCUT2D eigenvalue weighted by Gasteiger charge is 2.55. The van der Waals surface area contributed by atoms with Crippen molar-refractivity contribution >= 4 is 50.8 Å². The van der Waals surface area contributed by atoms with Crippen molar-refractivity contribution in [3.63, 3.8) is 0 Å². The highest BCUT2D eigenvalue weighted by molar-refractivity contribution is 9.10. The lowest BCUT2D eigenvalue weighted by molar-refractivity contribution is -0.160. The summed E-state index contributed by atoms with van der Waals surface area (Å²) in [5.41, 5.74) is 0.191. The standard InChI is InChI=1S/C36H48BrClFN5O6/c1-34(2,3)49-32(45)42(17-14-22-10-12-24(39)13-11-22)15-9-16-43(33(46)50-35(4,5)6)19-23-18-26(29-28(23)47-36(7,8)48-29)44-20-25(37)27-30(38)40-21-41-31(27)44/h10-13,20-21,23,26,28-29H,9,14-19H2,1-8H3/t23-,26-,28-,29+/m1/s1. The number of nitrogens with zero attached hydrogens (tertiary/aromatic N) is 5. The quantitative estimate of drug-likeness (QED) is 0.190. The van der Waals surface area contributed by atoms with Crippen molar-refractivity contribution < 1.29 is 32.9 Å². The van der Waals surface area contributed by atoms with Crippen LogP contribution in [0.15, 0.2) is 41.3 Å². The predicted octanol–water partition coefficient (Wildman–Crippen LogP) is 8.17. The normalized spacial score (nSPS) is 21.7. The van der Waals surface area contributed by atoms with E-state index in [0.717, 1.165) is 15.4 Å². The minimum absolute atomic E-state index is 0.103. The van der Waals surface area contributed by atoms with Gasteiger partial charge in [0.1, 0.15) is 40.3 Å². The molecule has 0 bridgehead atoms. The highest BCUT2D eigenvalue weighted by atomic mass is 79.9. The summed E-state index contributed by atoms with van der Waals surface area (Å²) in [4.78, 5) is 39.0. The Kier molecular flexibility index (Phi) is 11.4. The van der Waals surface area contributed by atoms with Gasteiger partial charge in [-0.2, -0.15) is 0 Å². The van der Waals surface area contributed by atoms with E-state index < -0.39 is 29.2 Å². The van der Waals surface area contributed by atoms with Gasteiger partial charge in [0.25, 0.3) is 0 Å². The second-order valence-corrected chi connectivity index (χ2v) is 16.7. The topological polar surface area (TPSA) is 108 Å². The first-order chi connectivity index (χ1) is 23.3. The number of rotatable bonds is 10. The smallest absolute Gasteiger partial charge is 0.410 e. The van der Waals surface area contributed by atoms with Crippen LogP contribution in [-0.2, 0) is 25.4 Å². The average Bonchev–Trinajstić information content (AvgIpc) is 3.61. The van der Waals surface area contributed by atoms with Crippen molar-refractivity contribution in [2.24, 2.45) is 5.92 Å². The molecule has 1 aromatic carbocycles. The number of ether oxygens (including phenoxy) is 4. The molecule has 2 aliphatic rings. The number of fused-ring (bicyclic) bond motifs is 2. The van der Waals surface area contributed by atoms with Crippen molar-refractivity contribution in [1.29, 1.82) is 0 Å². The third kappa shape index (κ3) is 9.45. The molecule has 1 saturated heterocycles. The number of benzene rings is 1. The van der Waals surface area contributed by atoms with Gasteiger partial charge >= 0.3 is 12.2 Å². The van der Waals surface area contributed by atoms with E-state index in [1.54, 1.807) is 21.9 Å². The SMILES string of the molecule is CC(C)(C)OC(=O)N(CCCN(C[C@H]1C[C@@H](n2cc(Br)c3c(Cl)ncnc32)[C@@H]2OC(C)(C)O[C@H]12)C(=O)OC(C)(C)C)CCc1ccc(F)cc1. The zero-order chi connectivity index (χ0) is 36.6. The zero-order valence-electron chi connectivity index (χ0n) is 30.0. The van der Waals surface area contributed by atoms with Crippen molar-refractivity contribution in [2.75, 3.05) is 26.2 Å². The number of hydrogen-bond acceptors (Lipinski definition) is 8. The Balaban J connectivity index is 1.35. The summed E-state index contributed by atoms with van der Waals surface area (Å²) >= 11 is 10.1. The maximum atomic E-state index is 13.7. The van der Waals surface area contributed by atoms with E-state index in [9.17, 15) is 14.0 Å². The highest BCUT2D eigenvalue weighted by Crippen LogP contribution is 2.49. The fraction of sp³-hybridized carbons (Fsp3) is 0.611. The van der Waals surface area contributed by atoms with Gasteiger partial charge in [-0.25, -0.2) is 23.9 Å². The molecule has 2 fully saturated rings. The molecule has 5 rings (SSSR count). The molecule has 0 unspecified atom stereocenters.